The van der Waals surface area contributed by atoms with E-state index >= 15 is 0 Å². The van der Waals surface area contributed by atoms with E-state index in [4.69, 9.17) is 4.74 Å². The predicted octanol–water partition coefficient (Wildman–Crippen LogP) is 3.56. The van der Waals surface area contributed by atoms with Crippen molar-refractivity contribution >= 4 is 5.78 Å². The molecule has 1 aromatic heterocycles. The summed E-state index contributed by atoms with van der Waals surface area (Å²) in [6, 6.07) is 7.39. The molecule has 2 rings (SSSR count). The third-order valence-electron chi connectivity index (χ3n) is 2.78. The molecular formula is C15H16FNO2. The first-order valence-electron chi connectivity index (χ1n) is 6.33. The van der Waals surface area contributed by atoms with E-state index in [0.29, 0.717) is 18.1 Å². The summed E-state index contributed by atoms with van der Waals surface area (Å²) in [6.45, 7) is 2.58. The predicted molar refractivity (Wildman–Crippen MR) is 71.0 cm³/mol. The second-order valence-corrected chi connectivity index (χ2v) is 4.26. The van der Waals surface area contributed by atoms with E-state index in [1.165, 1.54) is 18.2 Å². The summed E-state index contributed by atoms with van der Waals surface area (Å²) in [7, 11) is 0. The lowest BCUT2D eigenvalue weighted by Crippen LogP contribution is -2.07. The molecule has 0 radical (unpaired) electrons. The van der Waals surface area contributed by atoms with Gasteiger partial charge in [-0.3, -0.25) is 4.79 Å². The minimum atomic E-state index is -0.447. The van der Waals surface area contributed by atoms with Gasteiger partial charge in [0.05, 0.1) is 17.9 Å². The normalized spacial score (nSPS) is 10.4. The number of unbranched alkanes of at least 4 members (excludes halogenated alkanes) is 1. The van der Waals surface area contributed by atoms with Gasteiger partial charge in [-0.15, -0.1) is 0 Å². The third-order valence-corrected chi connectivity index (χ3v) is 2.78. The van der Waals surface area contributed by atoms with Gasteiger partial charge in [0.25, 0.3) is 0 Å². The number of ketones is 1. The Morgan fingerprint density at radius 3 is 2.89 bits per heavy atom. The first kappa shape index (κ1) is 13.3. The van der Waals surface area contributed by atoms with Crippen LogP contribution in [-0.4, -0.2) is 17.4 Å². The Morgan fingerprint density at radius 2 is 2.21 bits per heavy atom. The number of hydrogen-bond acceptors (Lipinski definition) is 2. The van der Waals surface area contributed by atoms with Gasteiger partial charge in [0, 0.05) is 6.20 Å². The molecule has 4 heteroatoms. The van der Waals surface area contributed by atoms with Crippen LogP contribution in [0.25, 0.3) is 0 Å². The van der Waals surface area contributed by atoms with Crippen LogP contribution in [0.5, 0.6) is 5.75 Å². The molecule has 0 unspecified atom stereocenters. The Hall–Kier alpha value is -2.10. The van der Waals surface area contributed by atoms with Gasteiger partial charge >= 0.3 is 0 Å². The molecule has 3 nitrogen and oxygen atoms in total. The number of rotatable bonds is 6. The second kappa shape index (κ2) is 6.18. The minimum Gasteiger partial charge on any atom is -0.493 e. The number of H-pyrrole nitrogens is 1. The molecule has 0 spiro atoms. The highest BCUT2D eigenvalue weighted by Crippen LogP contribution is 2.22. The smallest absolute Gasteiger partial charge is 0.212 e. The van der Waals surface area contributed by atoms with Crippen LogP contribution in [-0.2, 0) is 0 Å². The highest BCUT2D eigenvalue weighted by Gasteiger charge is 2.16. The van der Waals surface area contributed by atoms with Gasteiger partial charge in [-0.25, -0.2) is 4.39 Å². The van der Waals surface area contributed by atoms with E-state index in [0.717, 1.165) is 12.8 Å². The summed E-state index contributed by atoms with van der Waals surface area (Å²) in [4.78, 5) is 15.1. The standard InChI is InChI=1S/C15H16FNO2/c1-2-3-9-19-14-7-6-11(16)10-12(14)15(18)13-5-4-8-17-13/h4-8,10,17H,2-3,9H2,1H3. The second-order valence-electron chi connectivity index (χ2n) is 4.26. The van der Waals surface area contributed by atoms with E-state index < -0.39 is 5.82 Å². The van der Waals surface area contributed by atoms with E-state index in [1.807, 2.05) is 0 Å². The molecule has 0 bridgehead atoms. The molecule has 0 amide bonds. The molecular weight excluding hydrogens is 245 g/mol. The van der Waals surface area contributed by atoms with Crippen LogP contribution in [0.2, 0.25) is 0 Å². The molecule has 1 N–H and O–H groups in total. The number of hydrogen-bond donors (Lipinski definition) is 1. The number of carbonyl (C=O) groups excluding carboxylic acids is 1. The topological polar surface area (TPSA) is 42.1 Å². The number of halogens is 1. The van der Waals surface area contributed by atoms with E-state index in [1.54, 1.807) is 18.3 Å². The lowest BCUT2D eigenvalue weighted by atomic mass is 10.1. The van der Waals surface area contributed by atoms with Crippen LogP contribution in [0.15, 0.2) is 36.5 Å². The van der Waals surface area contributed by atoms with Crippen LogP contribution in [0, 0.1) is 5.82 Å². The monoisotopic (exact) mass is 261 g/mol. The number of nitrogens with one attached hydrogen (secondary N) is 1. The van der Waals surface area contributed by atoms with Gasteiger partial charge in [0.1, 0.15) is 11.6 Å². The maximum Gasteiger partial charge on any atom is 0.212 e. The molecule has 0 fully saturated rings. The fourth-order valence-electron chi connectivity index (χ4n) is 1.75. The molecule has 0 atom stereocenters. The SMILES string of the molecule is CCCCOc1ccc(F)cc1C(=O)c1ccc[nH]1. The van der Waals surface area contributed by atoms with Gasteiger partial charge in [-0.05, 0) is 36.8 Å². The number of carbonyl (C=O) groups is 1. The van der Waals surface area contributed by atoms with E-state index in [-0.39, 0.29) is 11.3 Å². The highest BCUT2D eigenvalue weighted by molar-refractivity contribution is 6.09. The van der Waals surface area contributed by atoms with E-state index in [9.17, 15) is 9.18 Å². The fraction of sp³-hybridized carbons (Fsp3) is 0.267. The van der Waals surface area contributed by atoms with Crippen LogP contribution in [0.4, 0.5) is 4.39 Å². The first-order chi connectivity index (χ1) is 9.22. The molecule has 0 saturated carbocycles. The number of ether oxygens (including phenoxy) is 1. The van der Waals surface area contributed by atoms with E-state index in [2.05, 4.69) is 11.9 Å². The lowest BCUT2D eigenvalue weighted by Gasteiger charge is -2.10. The lowest BCUT2D eigenvalue weighted by molar-refractivity contribution is 0.103. The maximum atomic E-state index is 13.3. The zero-order valence-electron chi connectivity index (χ0n) is 10.8. The van der Waals surface area contributed by atoms with Crippen molar-refractivity contribution in [3.8, 4) is 5.75 Å². The van der Waals surface area contributed by atoms with Gasteiger partial charge in [-0.1, -0.05) is 13.3 Å². The van der Waals surface area contributed by atoms with Crippen molar-refractivity contribution in [3.63, 3.8) is 0 Å². The van der Waals surface area contributed by atoms with Crippen LogP contribution in [0.3, 0.4) is 0 Å². The molecule has 0 aliphatic heterocycles. The first-order valence-corrected chi connectivity index (χ1v) is 6.33. The summed E-state index contributed by atoms with van der Waals surface area (Å²) >= 11 is 0. The van der Waals surface area contributed by atoms with Crippen LogP contribution < -0.4 is 4.74 Å². The highest BCUT2D eigenvalue weighted by atomic mass is 19.1. The summed E-state index contributed by atoms with van der Waals surface area (Å²) in [5.74, 6) is -0.289. The Bertz CT molecular complexity index is 549. The molecule has 2 aromatic rings. The third kappa shape index (κ3) is 3.22. The van der Waals surface area contributed by atoms with Crippen molar-refractivity contribution in [1.29, 1.82) is 0 Å². The van der Waals surface area contributed by atoms with Crippen molar-refractivity contribution in [3.05, 3.63) is 53.6 Å². The zero-order chi connectivity index (χ0) is 13.7. The largest absolute Gasteiger partial charge is 0.493 e. The van der Waals surface area contributed by atoms with Crippen molar-refractivity contribution in [1.82, 2.24) is 4.98 Å². The van der Waals surface area contributed by atoms with Crippen molar-refractivity contribution in [2.75, 3.05) is 6.61 Å². The molecule has 0 aliphatic carbocycles. The van der Waals surface area contributed by atoms with Crippen LogP contribution in [0.1, 0.15) is 35.8 Å². The Balaban J connectivity index is 2.26. The average Bonchev–Trinajstić information content (AvgIpc) is 2.94. The Morgan fingerprint density at radius 1 is 1.37 bits per heavy atom. The minimum absolute atomic E-state index is 0.249. The molecule has 1 heterocycles. The summed E-state index contributed by atoms with van der Waals surface area (Å²) < 4.78 is 18.9. The maximum absolute atomic E-state index is 13.3. The van der Waals surface area contributed by atoms with Gasteiger partial charge < -0.3 is 9.72 Å². The number of aromatic amines is 1. The van der Waals surface area contributed by atoms with Crippen molar-refractivity contribution < 1.29 is 13.9 Å². The zero-order valence-corrected chi connectivity index (χ0v) is 10.8. The molecule has 19 heavy (non-hydrogen) atoms. The average molecular weight is 261 g/mol. The van der Waals surface area contributed by atoms with Gasteiger partial charge in [-0.2, -0.15) is 0 Å². The number of benzene rings is 1. The Labute approximate surface area is 111 Å². The van der Waals surface area contributed by atoms with Crippen molar-refractivity contribution in [2.45, 2.75) is 19.8 Å². The number of aromatic nitrogens is 1. The van der Waals surface area contributed by atoms with Gasteiger partial charge in [0.15, 0.2) is 0 Å². The molecule has 0 aliphatic rings. The van der Waals surface area contributed by atoms with Gasteiger partial charge in [0.2, 0.25) is 5.78 Å². The summed E-state index contributed by atoms with van der Waals surface area (Å²) in [5.41, 5.74) is 0.671. The quantitative estimate of drug-likeness (QED) is 0.638. The summed E-state index contributed by atoms with van der Waals surface area (Å²) in [6.07, 6.45) is 3.55. The Kier molecular flexibility index (Phi) is 4.34. The molecule has 0 saturated heterocycles. The molecule has 100 valence electrons. The molecule has 1 aromatic carbocycles. The summed E-state index contributed by atoms with van der Waals surface area (Å²) in [5, 5.41) is 0. The van der Waals surface area contributed by atoms with Crippen LogP contribution >= 0.6 is 0 Å². The fourth-order valence-corrected chi connectivity index (χ4v) is 1.75. The van der Waals surface area contributed by atoms with Crippen molar-refractivity contribution in [2.24, 2.45) is 0 Å².